The normalized spacial score (nSPS) is 11.2. The second-order valence-electron chi connectivity index (χ2n) is 7.38. The van der Waals surface area contributed by atoms with Crippen molar-refractivity contribution in [2.45, 2.75) is 32.9 Å². The van der Waals surface area contributed by atoms with Crippen LogP contribution < -0.4 is 21.1 Å². The third-order valence-corrected chi connectivity index (χ3v) is 3.71. The molecule has 29 heavy (non-hydrogen) atoms. The lowest BCUT2D eigenvalue weighted by molar-refractivity contribution is 0.100. The van der Waals surface area contributed by atoms with E-state index in [4.69, 9.17) is 10.5 Å². The number of primary amides is 1. The van der Waals surface area contributed by atoms with Crippen molar-refractivity contribution in [1.29, 1.82) is 0 Å². The van der Waals surface area contributed by atoms with Crippen molar-refractivity contribution in [2.24, 2.45) is 12.8 Å². The van der Waals surface area contributed by atoms with Crippen molar-refractivity contribution in [1.82, 2.24) is 24.7 Å². The molecule has 0 aliphatic heterocycles. The van der Waals surface area contributed by atoms with Gasteiger partial charge in [-0.2, -0.15) is 10.1 Å². The number of hydrogen-bond donors (Lipinski definition) is 3. The van der Waals surface area contributed by atoms with Gasteiger partial charge in [0, 0.05) is 37.7 Å². The van der Waals surface area contributed by atoms with E-state index in [1.165, 1.54) is 6.20 Å². The molecular formula is C19H24N8O2. The number of carbonyl (C=O) groups excluding carboxylic acids is 1. The van der Waals surface area contributed by atoms with Crippen LogP contribution in [0.4, 0.5) is 17.5 Å². The fraction of sp³-hybridized carbons (Fsp3) is 0.316. The minimum atomic E-state index is -0.627. The Morgan fingerprint density at radius 1 is 1.28 bits per heavy atom. The van der Waals surface area contributed by atoms with Crippen LogP contribution in [0.3, 0.4) is 0 Å². The third kappa shape index (κ3) is 5.41. The molecule has 0 spiro atoms. The van der Waals surface area contributed by atoms with E-state index >= 15 is 0 Å². The average Bonchev–Trinajstić information content (AvgIpc) is 3.04. The maximum atomic E-state index is 11.8. The van der Waals surface area contributed by atoms with Crippen LogP contribution >= 0.6 is 0 Å². The van der Waals surface area contributed by atoms with Crippen LogP contribution in [0.2, 0.25) is 0 Å². The van der Waals surface area contributed by atoms with Gasteiger partial charge in [0.15, 0.2) is 0 Å². The van der Waals surface area contributed by atoms with E-state index < -0.39 is 11.5 Å². The van der Waals surface area contributed by atoms with Crippen molar-refractivity contribution in [2.75, 3.05) is 10.6 Å². The second kappa shape index (κ2) is 8.13. The maximum Gasteiger partial charge on any atom is 0.254 e. The molecule has 10 nitrogen and oxygen atoms in total. The number of ether oxygens (including phenoxy) is 1. The predicted molar refractivity (Wildman–Crippen MR) is 109 cm³/mol. The van der Waals surface area contributed by atoms with Crippen LogP contribution in [0.1, 0.15) is 36.7 Å². The first kappa shape index (κ1) is 20.1. The highest BCUT2D eigenvalue weighted by molar-refractivity contribution is 5.97. The molecule has 4 N–H and O–H groups in total. The van der Waals surface area contributed by atoms with Gasteiger partial charge < -0.3 is 21.1 Å². The Kier molecular flexibility index (Phi) is 5.62. The van der Waals surface area contributed by atoms with Crippen molar-refractivity contribution in [3.8, 4) is 5.88 Å². The number of amides is 1. The second-order valence-corrected chi connectivity index (χ2v) is 7.38. The Hall–Kier alpha value is -3.69. The van der Waals surface area contributed by atoms with Crippen LogP contribution in [0.15, 0.2) is 36.9 Å². The van der Waals surface area contributed by atoms with Gasteiger partial charge in [0.05, 0.1) is 17.4 Å². The van der Waals surface area contributed by atoms with E-state index in [-0.39, 0.29) is 5.56 Å². The van der Waals surface area contributed by atoms with Crippen LogP contribution in [-0.2, 0) is 13.6 Å². The van der Waals surface area contributed by atoms with Crippen molar-refractivity contribution >= 4 is 23.4 Å². The van der Waals surface area contributed by atoms with Crippen molar-refractivity contribution < 1.29 is 9.53 Å². The number of rotatable bonds is 7. The summed E-state index contributed by atoms with van der Waals surface area (Å²) in [6.07, 6.45) is 6.47. The Bertz CT molecular complexity index is 1010. The molecule has 0 radical (unpaired) electrons. The summed E-state index contributed by atoms with van der Waals surface area (Å²) in [7, 11) is 1.81. The number of nitrogens with zero attached hydrogens (tertiary/aromatic N) is 5. The molecule has 0 atom stereocenters. The standard InChI is InChI=1S/C19H24N8O2/c1-19(2,3)29-17-12(6-5-7-21-17)8-22-16-14(15(20)28)10-23-18(26-16)25-13-9-24-27(4)11-13/h5-7,9-11H,8H2,1-4H3,(H2,20,28)(H2,22,23,25,26). The first-order valence-electron chi connectivity index (χ1n) is 9.00. The monoisotopic (exact) mass is 396 g/mol. The SMILES string of the molecule is Cn1cc(Nc2ncc(C(N)=O)c(NCc3cccnc3OC(C)(C)C)n2)cn1. The molecule has 0 fully saturated rings. The molecule has 1 amide bonds. The average molecular weight is 396 g/mol. The van der Waals surface area contributed by atoms with Gasteiger partial charge in [-0.05, 0) is 26.8 Å². The lowest BCUT2D eigenvalue weighted by atomic mass is 10.2. The molecule has 3 aromatic heterocycles. The van der Waals surface area contributed by atoms with E-state index in [1.807, 2.05) is 32.9 Å². The summed E-state index contributed by atoms with van der Waals surface area (Å²) in [4.78, 5) is 24.6. The molecule has 152 valence electrons. The van der Waals surface area contributed by atoms with Crippen LogP contribution in [0.5, 0.6) is 5.88 Å². The Morgan fingerprint density at radius 2 is 2.07 bits per heavy atom. The van der Waals surface area contributed by atoms with E-state index in [0.29, 0.717) is 24.2 Å². The van der Waals surface area contributed by atoms with Gasteiger partial charge in [-0.1, -0.05) is 6.07 Å². The lowest BCUT2D eigenvalue weighted by Crippen LogP contribution is -2.24. The third-order valence-electron chi connectivity index (χ3n) is 3.71. The highest BCUT2D eigenvalue weighted by Gasteiger charge is 2.17. The molecule has 0 unspecified atom stereocenters. The number of hydrogen-bond acceptors (Lipinski definition) is 8. The fourth-order valence-corrected chi connectivity index (χ4v) is 2.49. The molecule has 0 aliphatic carbocycles. The van der Waals surface area contributed by atoms with Crippen LogP contribution in [0.25, 0.3) is 0 Å². The summed E-state index contributed by atoms with van der Waals surface area (Å²) in [5, 5.41) is 10.3. The number of nitrogens with two attached hydrogens (primary N) is 1. The number of nitrogens with one attached hydrogen (secondary N) is 2. The Labute approximate surface area is 168 Å². The lowest BCUT2D eigenvalue weighted by Gasteiger charge is -2.22. The molecule has 3 rings (SSSR count). The summed E-state index contributed by atoms with van der Waals surface area (Å²) >= 11 is 0. The van der Waals surface area contributed by atoms with E-state index in [9.17, 15) is 4.79 Å². The zero-order valence-electron chi connectivity index (χ0n) is 16.8. The van der Waals surface area contributed by atoms with Crippen molar-refractivity contribution in [3.05, 3.63) is 48.0 Å². The highest BCUT2D eigenvalue weighted by atomic mass is 16.5. The topological polar surface area (TPSA) is 133 Å². The first-order valence-corrected chi connectivity index (χ1v) is 9.00. The summed E-state index contributed by atoms with van der Waals surface area (Å²) < 4.78 is 7.56. The highest BCUT2D eigenvalue weighted by Crippen LogP contribution is 2.22. The molecule has 0 saturated heterocycles. The Balaban J connectivity index is 1.82. The quantitative estimate of drug-likeness (QED) is 0.554. The zero-order valence-corrected chi connectivity index (χ0v) is 16.8. The van der Waals surface area contributed by atoms with Gasteiger partial charge in [0.2, 0.25) is 11.8 Å². The molecule has 0 aliphatic rings. The van der Waals surface area contributed by atoms with Crippen molar-refractivity contribution in [3.63, 3.8) is 0 Å². The number of aryl methyl sites for hydroxylation is 1. The van der Waals surface area contributed by atoms with Crippen LogP contribution in [-0.4, -0.2) is 36.2 Å². The minimum Gasteiger partial charge on any atom is -0.472 e. The summed E-state index contributed by atoms with van der Waals surface area (Å²) in [6, 6.07) is 3.71. The molecule has 0 aromatic carbocycles. The molecule has 10 heteroatoms. The molecular weight excluding hydrogens is 372 g/mol. The van der Waals surface area contributed by atoms with Gasteiger partial charge >= 0.3 is 0 Å². The largest absolute Gasteiger partial charge is 0.472 e. The molecule has 3 aromatic rings. The van der Waals surface area contributed by atoms with Crippen LogP contribution in [0, 0.1) is 0 Å². The van der Waals surface area contributed by atoms with E-state index in [2.05, 4.69) is 30.7 Å². The van der Waals surface area contributed by atoms with Gasteiger partial charge in [-0.3, -0.25) is 9.48 Å². The minimum absolute atomic E-state index is 0.184. The molecule has 0 saturated carbocycles. The number of anilines is 3. The van der Waals surface area contributed by atoms with Gasteiger partial charge in [-0.25, -0.2) is 9.97 Å². The summed E-state index contributed by atoms with van der Waals surface area (Å²) in [5.41, 5.74) is 6.80. The van der Waals surface area contributed by atoms with E-state index in [1.54, 1.807) is 30.3 Å². The predicted octanol–water partition coefficient (Wildman–Crippen LogP) is 2.24. The van der Waals surface area contributed by atoms with Gasteiger partial charge in [0.1, 0.15) is 11.4 Å². The van der Waals surface area contributed by atoms with Gasteiger partial charge in [0.25, 0.3) is 5.91 Å². The number of carbonyl (C=O) groups is 1. The van der Waals surface area contributed by atoms with Gasteiger partial charge in [-0.15, -0.1) is 0 Å². The molecule has 0 bridgehead atoms. The maximum absolute atomic E-state index is 11.8. The fourth-order valence-electron chi connectivity index (χ4n) is 2.49. The number of pyridine rings is 1. The molecule has 3 heterocycles. The Morgan fingerprint density at radius 3 is 2.72 bits per heavy atom. The number of aromatic nitrogens is 5. The summed E-state index contributed by atoms with van der Waals surface area (Å²) in [5.74, 6) is 0.501. The first-order chi connectivity index (χ1) is 13.7. The smallest absolute Gasteiger partial charge is 0.254 e. The summed E-state index contributed by atoms with van der Waals surface area (Å²) in [6.45, 7) is 6.18. The zero-order chi connectivity index (χ0) is 21.0. The van der Waals surface area contributed by atoms with E-state index in [0.717, 1.165) is 11.3 Å².